The summed E-state index contributed by atoms with van der Waals surface area (Å²) in [5.41, 5.74) is 1.57. The van der Waals surface area contributed by atoms with Crippen LogP contribution in [0, 0.1) is 0 Å². The summed E-state index contributed by atoms with van der Waals surface area (Å²) >= 11 is 1.28. The molecule has 0 saturated carbocycles. The first kappa shape index (κ1) is 17.1. The molecule has 2 heterocycles. The number of thioether (sulfide) groups is 1. The zero-order valence-corrected chi connectivity index (χ0v) is 14.8. The number of hydrogen-bond donors (Lipinski definition) is 2. The molecule has 1 saturated heterocycles. The third-order valence-electron chi connectivity index (χ3n) is 3.96. The van der Waals surface area contributed by atoms with Gasteiger partial charge < -0.3 is 14.8 Å². The van der Waals surface area contributed by atoms with E-state index in [4.69, 9.17) is 9.52 Å². The lowest BCUT2D eigenvalue weighted by Crippen LogP contribution is -2.21. The van der Waals surface area contributed by atoms with E-state index in [-0.39, 0.29) is 11.5 Å². The maximum absolute atomic E-state index is 12.3. The Hall–Kier alpha value is -3.32. The number of amidine groups is 1. The predicted octanol–water partition coefficient (Wildman–Crippen LogP) is 4.24. The normalized spacial score (nSPS) is 17.9. The van der Waals surface area contributed by atoms with Crippen LogP contribution in [0.25, 0.3) is 11.3 Å². The fourth-order valence-corrected chi connectivity index (χ4v) is 3.63. The quantitative estimate of drug-likeness (QED) is 0.709. The summed E-state index contributed by atoms with van der Waals surface area (Å²) in [5, 5.41) is 11.9. The van der Waals surface area contributed by atoms with E-state index in [1.54, 1.807) is 24.3 Å². The Bertz CT molecular complexity index is 1040. The molecule has 7 heteroatoms. The zero-order chi connectivity index (χ0) is 18.8. The van der Waals surface area contributed by atoms with Gasteiger partial charge in [0.25, 0.3) is 0 Å². The van der Waals surface area contributed by atoms with Gasteiger partial charge in [-0.2, -0.15) is 0 Å². The van der Waals surface area contributed by atoms with Gasteiger partial charge in [-0.25, -0.2) is 9.79 Å². The van der Waals surface area contributed by atoms with E-state index in [2.05, 4.69) is 10.3 Å². The second-order valence-corrected chi connectivity index (χ2v) is 6.92. The van der Waals surface area contributed by atoms with Gasteiger partial charge in [0.05, 0.1) is 11.3 Å². The van der Waals surface area contributed by atoms with E-state index in [1.807, 2.05) is 30.3 Å². The highest BCUT2D eigenvalue weighted by Gasteiger charge is 2.34. The molecular weight excluding hydrogens is 364 g/mol. The van der Waals surface area contributed by atoms with Crippen molar-refractivity contribution in [3.8, 4) is 11.3 Å². The van der Waals surface area contributed by atoms with Crippen molar-refractivity contribution >= 4 is 34.5 Å². The summed E-state index contributed by atoms with van der Waals surface area (Å²) in [6.45, 7) is 0. The molecule has 0 radical (unpaired) electrons. The number of aliphatic imine (C=N–C) groups is 1. The van der Waals surface area contributed by atoms with Gasteiger partial charge in [-0.1, -0.05) is 42.1 Å². The highest BCUT2D eigenvalue weighted by atomic mass is 32.2. The van der Waals surface area contributed by atoms with Crippen LogP contribution in [0.3, 0.4) is 0 Å². The maximum Gasteiger partial charge on any atom is 0.335 e. The number of carboxylic acids is 1. The van der Waals surface area contributed by atoms with Gasteiger partial charge in [0.15, 0.2) is 5.17 Å². The van der Waals surface area contributed by atoms with Crippen LogP contribution in [0.2, 0.25) is 0 Å². The monoisotopic (exact) mass is 378 g/mol. The highest BCUT2D eigenvalue weighted by Crippen LogP contribution is 2.37. The van der Waals surface area contributed by atoms with Gasteiger partial charge in [-0.3, -0.25) is 4.79 Å². The summed E-state index contributed by atoms with van der Waals surface area (Å²) < 4.78 is 5.83. The Balaban J connectivity index is 1.57. The van der Waals surface area contributed by atoms with Gasteiger partial charge in [0, 0.05) is 5.56 Å². The Morgan fingerprint density at radius 3 is 2.67 bits per heavy atom. The molecule has 0 spiro atoms. The Morgan fingerprint density at radius 2 is 1.89 bits per heavy atom. The summed E-state index contributed by atoms with van der Waals surface area (Å²) in [5.74, 6) is -0.201. The van der Waals surface area contributed by atoms with Gasteiger partial charge in [-0.05, 0) is 36.4 Å². The van der Waals surface area contributed by atoms with Gasteiger partial charge in [0.1, 0.15) is 16.8 Å². The van der Waals surface area contributed by atoms with Crippen LogP contribution in [0.1, 0.15) is 21.4 Å². The third-order valence-corrected chi connectivity index (χ3v) is 5.06. The van der Waals surface area contributed by atoms with Crippen molar-refractivity contribution in [2.24, 2.45) is 4.99 Å². The first-order valence-electron chi connectivity index (χ1n) is 8.15. The van der Waals surface area contributed by atoms with E-state index in [0.29, 0.717) is 22.3 Å². The van der Waals surface area contributed by atoms with E-state index < -0.39 is 11.2 Å². The molecule has 4 rings (SSSR count). The number of para-hydroxylation sites is 1. The maximum atomic E-state index is 12.3. The second kappa shape index (κ2) is 7.13. The summed E-state index contributed by atoms with van der Waals surface area (Å²) in [7, 11) is 0. The number of hydrogen-bond acceptors (Lipinski definition) is 5. The lowest BCUT2D eigenvalue weighted by Gasteiger charge is -2.02. The van der Waals surface area contributed by atoms with Crippen molar-refractivity contribution in [2.75, 3.05) is 0 Å². The molecule has 1 aliphatic rings. The number of rotatable bonds is 4. The summed E-state index contributed by atoms with van der Waals surface area (Å²) in [6, 6.07) is 19.3. The van der Waals surface area contributed by atoms with E-state index >= 15 is 0 Å². The van der Waals surface area contributed by atoms with Crippen LogP contribution in [-0.4, -0.2) is 22.2 Å². The molecule has 2 aromatic carbocycles. The van der Waals surface area contributed by atoms with E-state index in [1.165, 1.54) is 23.9 Å². The lowest BCUT2D eigenvalue weighted by molar-refractivity contribution is -0.119. The van der Waals surface area contributed by atoms with Crippen LogP contribution in [0.15, 0.2) is 76.1 Å². The van der Waals surface area contributed by atoms with Crippen molar-refractivity contribution in [1.29, 1.82) is 0 Å². The third kappa shape index (κ3) is 3.63. The first-order valence-corrected chi connectivity index (χ1v) is 9.03. The smallest absolute Gasteiger partial charge is 0.335 e. The van der Waals surface area contributed by atoms with Crippen molar-refractivity contribution in [3.05, 3.63) is 78.1 Å². The largest absolute Gasteiger partial charge is 0.478 e. The Kier molecular flexibility index (Phi) is 4.52. The minimum absolute atomic E-state index is 0.177. The molecule has 0 unspecified atom stereocenters. The lowest BCUT2D eigenvalue weighted by atomic mass is 10.1. The number of aromatic carboxylic acids is 1. The number of benzene rings is 2. The van der Waals surface area contributed by atoms with Crippen molar-refractivity contribution in [3.63, 3.8) is 0 Å². The molecule has 1 amide bonds. The van der Waals surface area contributed by atoms with Crippen molar-refractivity contribution in [2.45, 2.75) is 5.25 Å². The van der Waals surface area contributed by atoms with Crippen molar-refractivity contribution in [1.82, 2.24) is 5.32 Å². The molecule has 1 fully saturated rings. The Morgan fingerprint density at radius 1 is 1.07 bits per heavy atom. The molecule has 6 nitrogen and oxygen atoms in total. The van der Waals surface area contributed by atoms with Crippen LogP contribution in [0.4, 0.5) is 5.69 Å². The molecule has 1 aromatic heterocycles. The number of carbonyl (C=O) groups is 2. The zero-order valence-electron chi connectivity index (χ0n) is 14.0. The minimum atomic E-state index is -1.00. The van der Waals surface area contributed by atoms with Crippen LogP contribution >= 0.6 is 11.8 Å². The fourth-order valence-electron chi connectivity index (χ4n) is 2.68. The van der Waals surface area contributed by atoms with Gasteiger partial charge >= 0.3 is 5.97 Å². The number of furan rings is 1. The predicted molar refractivity (Wildman–Crippen MR) is 103 cm³/mol. The summed E-state index contributed by atoms with van der Waals surface area (Å²) in [4.78, 5) is 27.9. The van der Waals surface area contributed by atoms with Crippen LogP contribution in [-0.2, 0) is 4.79 Å². The number of nitrogens with zero attached hydrogens (tertiary/aromatic N) is 1. The molecule has 134 valence electrons. The SMILES string of the molecule is O=C(O)c1cccc(-c2ccc([C@H]3SC(=Nc4ccccc4)NC3=O)o2)c1. The molecule has 2 N–H and O–H groups in total. The molecule has 3 aromatic rings. The fraction of sp³-hybridized carbons (Fsp3) is 0.0500. The number of carboxylic acid groups (broad SMARTS) is 1. The van der Waals surface area contributed by atoms with Crippen molar-refractivity contribution < 1.29 is 19.1 Å². The van der Waals surface area contributed by atoms with Gasteiger partial charge in [-0.15, -0.1) is 0 Å². The molecule has 1 aliphatic heterocycles. The highest BCUT2D eigenvalue weighted by molar-refractivity contribution is 8.15. The minimum Gasteiger partial charge on any atom is -0.478 e. The van der Waals surface area contributed by atoms with Crippen LogP contribution < -0.4 is 5.32 Å². The molecule has 27 heavy (non-hydrogen) atoms. The standard InChI is InChI=1S/C20H14N2O4S/c23-18-17(27-20(22-18)21-14-7-2-1-3-8-14)16-10-9-15(26-16)12-5-4-6-13(11-12)19(24)25/h1-11,17H,(H,24,25)(H,21,22,23)/t17-/m1/s1. The molecule has 0 bridgehead atoms. The van der Waals surface area contributed by atoms with Gasteiger partial charge in [0.2, 0.25) is 5.91 Å². The van der Waals surface area contributed by atoms with E-state index in [0.717, 1.165) is 5.69 Å². The molecule has 0 aliphatic carbocycles. The molecule has 1 atom stereocenters. The first-order chi connectivity index (χ1) is 13.1. The number of nitrogens with one attached hydrogen (secondary N) is 1. The van der Waals surface area contributed by atoms with Crippen LogP contribution in [0.5, 0.6) is 0 Å². The van der Waals surface area contributed by atoms with E-state index in [9.17, 15) is 9.59 Å². The second-order valence-electron chi connectivity index (χ2n) is 5.83. The summed E-state index contributed by atoms with van der Waals surface area (Å²) in [6.07, 6.45) is 0. The number of amides is 1. The Labute approximate surface area is 158 Å². The average molecular weight is 378 g/mol. The average Bonchev–Trinajstić information content (AvgIpc) is 3.29. The number of carbonyl (C=O) groups excluding carboxylic acids is 1. The molecular formula is C20H14N2O4S. The topological polar surface area (TPSA) is 91.9 Å².